The first kappa shape index (κ1) is 16.0. The number of hydrogen-bond donors (Lipinski definition) is 1. The third-order valence-corrected chi connectivity index (χ3v) is 4.68. The highest BCUT2D eigenvalue weighted by molar-refractivity contribution is 7.12. The summed E-state index contributed by atoms with van der Waals surface area (Å²) >= 11 is 7.59. The number of rotatable bonds is 3. The largest absolute Gasteiger partial charge is 0.378 e. The minimum absolute atomic E-state index is 0.116. The van der Waals surface area contributed by atoms with E-state index in [1.807, 2.05) is 11.4 Å². The molecule has 0 radical (unpaired) electrons. The number of nitrogens with one attached hydrogen (secondary N) is 1. The first-order valence-corrected chi connectivity index (χ1v) is 8.42. The highest BCUT2D eigenvalue weighted by Crippen LogP contribution is 2.23. The van der Waals surface area contributed by atoms with Crippen molar-refractivity contribution in [3.63, 3.8) is 0 Å². The molecule has 0 spiro atoms. The van der Waals surface area contributed by atoms with Crippen molar-refractivity contribution in [2.75, 3.05) is 31.6 Å². The van der Waals surface area contributed by atoms with Crippen molar-refractivity contribution in [1.82, 2.24) is 4.90 Å². The van der Waals surface area contributed by atoms with E-state index in [1.54, 1.807) is 29.2 Å². The average Bonchev–Trinajstić information content (AvgIpc) is 3.10. The van der Waals surface area contributed by atoms with Gasteiger partial charge in [-0.25, -0.2) is 0 Å². The first-order valence-electron chi connectivity index (χ1n) is 7.16. The monoisotopic (exact) mass is 350 g/mol. The van der Waals surface area contributed by atoms with Crippen LogP contribution in [0.15, 0.2) is 35.7 Å². The number of benzene rings is 1. The zero-order valence-corrected chi connectivity index (χ0v) is 13.8. The Bertz CT molecular complexity index is 712. The maximum absolute atomic E-state index is 12.4. The molecule has 0 unspecified atom stereocenters. The van der Waals surface area contributed by atoms with Gasteiger partial charge in [0.1, 0.15) is 0 Å². The molecule has 1 aliphatic heterocycles. The third-order valence-electron chi connectivity index (χ3n) is 3.50. The molecule has 2 heterocycles. The number of morpholine rings is 1. The van der Waals surface area contributed by atoms with E-state index in [0.717, 1.165) is 0 Å². The van der Waals surface area contributed by atoms with Crippen LogP contribution in [-0.2, 0) is 4.74 Å². The lowest BCUT2D eigenvalue weighted by Gasteiger charge is -2.27. The fraction of sp³-hybridized carbons (Fsp3) is 0.250. The van der Waals surface area contributed by atoms with Crippen LogP contribution in [0.25, 0.3) is 0 Å². The number of ether oxygens (including phenoxy) is 1. The standard InChI is InChI=1S/C16H15ClN2O3S/c17-13-10-11(18-15(20)14-2-1-9-23-14)3-4-12(13)16(21)19-5-7-22-8-6-19/h1-4,9-10H,5-8H2,(H,18,20). The van der Waals surface area contributed by atoms with Crippen LogP contribution in [0.4, 0.5) is 5.69 Å². The molecule has 1 aromatic carbocycles. The topological polar surface area (TPSA) is 58.6 Å². The molecule has 1 aromatic heterocycles. The Labute approximate surface area is 142 Å². The Balaban J connectivity index is 1.72. The van der Waals surface area contributed by atoms with Gasteiger partial charge in [-0.15, -0.1) is 11.3 Å². The summed E-state index contributed by atoms with van der Waals surface area (Å²) in [5.74, 6) is -0.308. The number of amides is 2. The summed E-state index contributed by atoms with van der Waals surface area (Å²) in [7, 11) is 0. The lowest BCUT2D eigenvalue weighted by molar-refractivity contribution is 0.0303. The summed E-state index contributed by atoms with van der Waals surface area (Å²) in [4.78, 5) is 26.8. The highest BCUT2D eigenvalue weighted by Gasteiger charge is 2.21. The normalized spacial score (nSPS) is 14.6. The van der Waals surface area contributed by atoms with Gasteiger partial charge >= 0.3 is 0 Å². The van der Waals surface area contributed by atoms with Gasteiger partial charge in [-0.2, -0.15) is 0 Å². The summed E-state index contributed by atoms with van der Waals surface area (Å²) in [5, 5.41) is 4.94. The molecule has 1 saturated heterocycles. The van der Waals surface area contributed by atoms with Crippen LogP contribution in [0.3, 0.4) is 0 Å². The predicted octanol–water partition coefficient (Wildman–Crippen LogP) is 3.13. The smallest absolute Gasteiger partial charge is 0.265 e. The van der Waals surface area contributed by atoms with Crippen LogP contribution in [0.2, 0.25) is 5.02 Å². The molecule has 2 aromatic rings. The number of thiophene rings is 1. The van der Waals surface area contributed by atoms with Gasteiger partial charge in [-0.3, -0.25) is 9.59 Å². The second-order valence-electron chi connectivity index (χ2n) is 5.03. The third kappa shape index (κ3) is 3.72. The molecule has 7 heteroatoms. The molecular weight excluding hydrogens is 336 g/mol. The molecule has 2 amide bonds. The van der Waals surface area contributed by atoms with Crippen molar-refractivity contribution in [3.05, 3.63) is 51.2 Å². The Morgan fingerprint density at radius 1 is 1.22 bits per heavy atom. The van der Waals surface area contributed by atoms with Gasteiger partial charge in [0.15, 0.2) is 0 Å². The van der Waals surface area contributed by atoms with Gasteiger partial charge in [-0.1, -0.05) is 17.7 Å². The molecule has 1 fully saturated rings. The first-order chi connectivity index (χ1) is 11.1. The number of hydrogen-bond acceptors (Lipinski definition) is 4. The SMILES string of the molecule is O=C(Nc1ccc(C(=O)N2CCOCC2)c(Cl)c1)c1cccs1. The Hall–Kier alpha value is -1.89. The highest BCUT2D eigenvalue weighted by atomic mass is 35.5. The number of carbonyl (C=O) groups is 2. The van der Waals surface area contributed by atoms with Crippen molar-refractivity contribution in [1.29, 1.82) is 0 Å². The fourth-order valence-electron chi connectivity index (χ4n) is 2.30. The summed E-state index contributed by atoms with van der Waals surface area (Å²) in [6.45, 7) is 2.20. The second-order valence-corrected chi connectivity index (χ2v) is 6.39. The molecule has 0 atom stereocenters. The average molecular weight is 351 g/mol. The van der Waals surface area contributed by atoms with Gasteiger partial charge < -0.3 is 15.0 Å². The van der Waals surface area contributed by atoms with Crippen LogP contribution < -0.4 is 5.32 Å². The molecule has 1 N–H and O–H groups in total. The number of anilines is 1. The Morgan fingerprint density at radius 3 is 2.65 bits per heavy atom. The second kappa shape index (κ2) is 7.12. The fourth-order valence-corrected chi connectivity index (χ4v) is 3.18. The molecule has 1 aliphatic rings. The number of nitrogens with zero attached hydrogens (tertiary/aromatic N) is 1. The van der Waals surface area contributed by atoms with E-state index >= 15 is 0 Å². The molecule has 120 valence electrons. The quantitative estimate of drug-likeness (QED) is 0.925. The summed E-state index contributed by atoms with van der Waals surface area (Å²) in [6, 6.07) is 8.49. The summed E-state index contributed by atoms with van der Waals surface area (Å²) in [6.07, 6.45) is 0. The van der Waals surface area contributed by atoms with Crippen molar-refractivity contribution >= 4 is 40.4 Å². The molecule has 0 bridgehead atoms. The van der Waals surface area contributed by atoms with Crippen molar-refractivity contribution in [2.24, 2.45) is 0 Å². The molecule has 0 saturated carbocycles. The van der Waals surface area contributed by atoms with Crippen LogP contribution in [0.5, 0.6) is 0 Å². The Kier molecular flexibility index (Phi) is 4.95. The van der Waals surface area contributed by atoms with Gasteiger partial charge in [0.05, 0.1) is 28.7 Å². The van der Waals surface area contributed by atoms with Crippen molar-refractivity contribution < 1.29 is 14.3 Å². The van der Waals surface area contributed by atoms with Gasteiger partial charge in [0.25, 0.3) is 11.8 Å². The van der Waals surface area contributed by atoms with Gasteiger partial charge in [0.2, 0.25) is 0 Å². The molecule has 5 nitrogen and oxygen atoms in total. The Morgan fingerprint density at radius 2 is 2.00 bits per heavy atom. The van der Waals surface area contributed by atoms with E-state index in [2.05, 4.69) is 5.32 Å². The number of halogens is 1. The lowest BCUT2D eigenvalue weighted by Crippen LogP contribution is -2.40. The zero-order valence-electron chi connectivity index (χ0n) is 12.3. The molecule has 23 heavy (non-hydrogen) atoms. The van der Waals surface area contributed by atoms with Crippen LogP contribution >= 0.6 is 22.9 Å². The van der Waals surface area contributed by atoms with Crippen LogP contribution in [-0.4, -0.2) is 43.0 Å². The van der Waals surface area contributed by atoms with E-state index < -0.39 is 0 Å². The summed E-state index contributed by atoms with van der Waals surface area (Å²) in [5.41, 5.74) is 0.995. The minimum atomic E-state index is -0.191. The zero-order chi connectivity index (χ0) is 16.2. The van der Waals surface area contributed by atoms with E-state index in [9.17, 15) is 9.59 Å². The van der Waals surface area contributed by atoms with Crippen LogP contribution in [0, 0.1) is 0 Å². The van der Waals surface area contributed by atoms with Gasteiger partial charge in [-0.05, 0) is 29.6 Å². The number of carbonyl (C=O) groups excluding carboxylic acids is 2. The van der Waals surface area contributed by atoms with E-state index in [0.29, 0.717) is 47.5 Å². The van der Waals surface area contributed by atoms with E-state index in [4.69, 9.17) is 16.3 Å². The molecule has 3 rings (SSSR count). The summed E-state index contributed by atoms with van der Waals surface area (Å²) < 4.78 is 5.24. The van der Waals surface area contributed by atoms with Crippen molar-refractivity contribution in [3.8, 4) is 0 Å². The molecule has 0 aliphatic carbocycles. The van der Waals surface area contributed by atoms with Crippen LogP contribution in [0.1, 0.15) is 20.0 Å². The lowest BCUT2D eigenvalue weighted by atomic mass is 10.1. The predicted molar refractivity (Wildman–Crippen MR) is 90.4 cm³/mol. The van der Waals surface area contributed by atoms with E-state index in [-0.39, 0.29) is 11.8 Å². The maximum atomic E-state index is 12.4. The molecular formula is C16H15ClN2O3S. The maximum Gasteiger partial charge on any atom is 0.265 e. The van der Waals surface area contributed by atoms with Crippen molar-refractivity contribution in [2.45, 2.75) is 0 Å². The van der Waals surface area contributed by atoms with E-state index in [1.165, 1.54) is 11.3 Å². The minimum Gasteiger partial charge on any atom is -0.378 e. The van der Waals surface area contributed by atoms with Gasteiger partial charge in [0, 0.05) is 18.8 Å².